The molecule has 0 spiro atoms. The molecule has 2 aromatic rings. The fourth-order valence-electron chi connectivity index (χ4n) is 8.86. The molecule has 2 amide bonds. The van der Waals surface area contributed by atoms with Crippen molar-refractivity contribution in [3.05, 3.63) is 94.7 Å². The zero-order valence-corrected chi connectivity index (χ0v) is 45.7. The van der Waals surface area contributed by atoms with Gasteiger partial charge in [0.05, 0.1) is 32.5 Å². The SMILES string of the molecule is CN(CCCC(=O)ON1C(=O)CCC1=O)S(=O)(=O)c1ccc2c(c1)C(C)(C)/C(=C\C=C1C=C(/C=C/C3=[N+](CCCS(=O)(=O)[O-])c4ccc(SOO[O-])cc4C3(C)C)CCC\1)N2CCCSOOO.[K+]. The molecule has 0 aromatic heterocycles. The van der Waals surface area contributed by atoms with Crippen LogP contribution in [0.25, 0.3) is 0 Å². The van der Waals surface area contributed by atoms with Crippen LogP contribution in [-0.2, 0) is 68.9 Å². The minimum Gasteiger partial charge on any atom is -0.748 e. The number of hydroxylamine groups is 2. The zero-order chi connectivity index (χ0) is 49.4. The number of carbonyl (C=O) groups is 3. The van der Waals surface area contributed by atoms with Gasteiger partial charge in [-0.1, -0.05) is 37.1 Å². The Balaban J connectivity index is 0.00000888. The first-order chi connectivity index (χ1) is 32.2. The van der Waals surface area contributed by atoms with Gasteiger partial charge in [0.1, 0.15) is 6.54 Å². The smallest absolute Gasteiger partial charge is 0.748 e. The summed E-state index contributed by atoms with van der Waals surface area (Å²) in [6.45, 7) is 8.95. The number of fused-ring (bicyclic) bond motifs is 2. The Morgan fingerprint density at radius 2 is 1.67 bits per heavy atom. The Labute approximate surface area is 453 Å². The second-order valence-corrected chi connectivity index (χ2v) is 22.7. The van der Waals surface area contributed by atoms with Gasteiger partial charge >= 0.3 is 57.4 Å². The van der Waals surface area contributed by atoms with Gasteiger partial charge < -0.3 is 19.5 Å². The number of rotatable bonds is 23. The van der Waals surface area contributed by atoms with E-state index >= 15 is 0 Å². The number of allylic oxidation sites excluding steroid dienone is 8. The van der Waals surface area contributed by atoms with Crippen molar-refractivity contribution < 1.29 is 126 Å². The Kier molecular flexibility index (Phi) is 20.7. The average Bonchev–Trinajstić information content (AvgIpc) is 3.80. The normalized spacial score (nSPS) is 19.0. The number of hydrogen-bond donors (Lipinski definition) is 1. The van der Waals surface area contributed by atoms with Crippen LogP contribution in [0.3, 0.4) is 0 Å². The van der Waals surface area contributed by atoms with Gasteiger partial charge in [-0.25, -0.2) is 31.2 Å². The monoisotopic (exact) mass is 1060 g/mol. The zero-order valence-electron chi connectivity index (χ0n) is 39.3. The van der Waals surface area contributed by atoms with E-state index in [1.165, 1.54) is 7.05 Å². The number of nitrogens with zero attached hydrogens (tertiary/aromatic N) is 4. The molecule has 1 saturated heterocycles. The molecule has 19 nitrogen and oxygen atoms in total. The summed E-state index contributed by atoms with van der Waals surface area (Å²) in [7, 11) is -7.03. The van der Waals surface area contributed by atoms with Crippen molar-refractivity contribution >= 4 is 79.1 Å². The van der Waals surface area contributed by atoms with Gasteiger partial charge in [0.25, 0.3) is 11.8 Å². The molecule has 4 aliphatic rings. The van der Waals surface area contributed by atoms with Crippen LogP contribution in [0.1, 0.15) is 96.6 Å². The second kappa shape index (κ2) is 24.9. The predicted molar refractivity (Wildman–Crippen MR) is 249 cm³/mol. The number of hydrogen-bond acceptors (Lipinski definition) is 18. The topological polar surface area (TPSA) is 245 Å². The number of amides is 2. The molecule has 3 aliphatic heterocycles. The third-order valence-electron chi connectivity index (χ3n) is 12.3. The summed E-state index contributed by atoms with van der Waals surface area (Å²) in [6, 6.07) is 10.5. The largest absolute Gasteiger partial charge is 1.00 e. The van der Waals surface area contributed by atoms with Gasteiger partial charge in [0.2, 0.25) is 15.7 Å². The second-order valence-electron chi connectivity index (χ2n) is 17.6. The third kappa shape index (κ3) is 14.1. The first-order valence-electron chi connectivity index (χ1n) is 21.9. The number of sulfonamides is 1. The molecule has 370 valence electrons. The number of carbonyl (C=O) groups excluding carboxylic acids is 3. The van der Waals surface area contributed by atoms with Gasteiger partial charge in [-0.2, -0.15) is 8.91 Å². The van der Waals surface area contributed by atoms with Crippen molar-refractivity contribution in [2.24, 2.45) is 0 Å². The average molecular weight is 1060 g/mol. The van der Waals surface area contributed by atoms with Gasteiger partial charge in [-0.15, -0.1) is 9.40 Å². The van der Waals surface area contributed by atoms with Crippen LogP contribution in [-0.4, -0.2) is 102 Å². The molecular weight excluding hydrogens is 1000 g/mol. The summed E-state index contributed by atoms with van der Waals surface area (Å²) in [4.78, 5) is 43.8. The van der Waals surface area contributed by atoms with Gasteiger partial charge in [-0.3, -0.25) is 14.6 Å². The van der Waals surface area contributed by atoms with E-state index in [0.717, 1.165) is 92.7 Å². The first kappa shape index (κ1) is 57.3. The molecule has 2 aromatic carbocycles. The molecular formula is C45H55KN4O15S4. The van der Waals surface area contributed by atoms with E-state index in [-0.39, 0.29) is 101 Å². The molecule has 1 aliphatic carbocycles. The van der Waals surface area contributed by atoms with Gasteiger partial charge in [0.15, 0.2) is 5.71 Å². The van der Waals surface area contributed by atoms with E-state index in [4.69, 9.17) is 10.1 Å². The molecule has 6 rings (SSSR count). The Morgan fingerprint density at radius 3 is 2.36 bits per heavy atom. The number of anilines is 1. The fraction of sp³-hybridized carbons (Fsp3) is 0.467. The third-order valence-corrected chi connectivity index (χ3v) is 16.1. The van der Waals surface area contributed by atoms with Crippen LogP contribution in [0.15, 0.2) is 93.4 Å². The molecule has 3 heterocycles. The quantitative estimate of drug-likeness (QED) is 0.0246. The maximum Gasteiger partial charge on any atom is 1.00 e. The fourth-order valence-corrected chi connectivity index (χ4v) is 11.3. The number of benzene rings is 2. The molecule has 69 heavy (non-hydrogen) atoms. The predicted octanol–water partition coefficient (Wildman–Crippen LogP) is 2.97. The van der Waals surface area contributed by atoms with Crippen LogP contribution in [0.4, 0.5) is 11.4 Å². The summed E-state index contributed by atoms with van der Waals surface area (Å²) in [5.74, 6) is -2.03. The molecule has 0 bridgehead atoms. The van der Waals surface area contributed by atoms with Crippen molar-refractivity contribution in [3.63, 3.8) is 0 Å². The van der Waals surface area contributed by atoms with Crippen molar-refractivity contribution in [1.29, 1.82) is 0 Å². The molecule has 1 fully saturated rings. The summed E-state index contributed by atoms with van der Waals surface area (Å²) < 4.78 is 74.7. The molecule has 0 saturated carbocycles. The van der Waals surface area contributed by atoms with E-state index < -0.39 is 54.5 Å². The van der Waals surface area contributed by atoms with Crippen LogP contribution in [0.2, 0.25) is 0 Å². The van der Waals surface area contributed by atoms with Crippen LogP contribution >= 0.6 is 24.1 Å². The van der Waals surface area contributed by atoms with E-state index in [2.05, 4.69) is 47.9 Å². The summed E-state index contributed by atoms with van der Waals surface area (Å²) >= 11 is 1.72. The molecule has 1 N–H and O–H groups in total. The summed E-state index contributed by atoms with van der Waals surface area (Å²) in [5.41, 5.74) is 6.14. The van der Waals surface area contributed by atoms with E-state index in [1.807, 2.05) is 50.5 Å². The molecule has 0 atom stereocenters. The minimum atomic E-state index is -4.42. The Bertz CT molecular complexity index is 2630. The Morgan fingerprint density at radius 1 is 0.928 bits per heavy atom. The van der Waals surface area contributed by atoms with E-state index in [0.29, 0.717) is 28.7 Å². The van der Waals surface area contributed by atoms with Crippen LogP contribution in [0.5, 0.6) is 0 Å². The molecule has 24 heteroatoms. The minimum absolute atomic E-state index is 0. The summed E-state index contributed by atoms with van der Waals surface area (Å²) in [6.07, 6.45) is 13.4. The standard InChI is InChI=1S/C45H56N4O15S4.K/c1-44(2)35-29-33(66-64-62-54)15-17-37(35)48(25-9-27-67(55,56)57)39(44)19-13-31-10-6-11-32(28-31)14-20-40-45(3,4)36-30-34(16-18-38(36)47(40)24-8-26-65-63-61-53)68(58,59)46(5)23-7-12-43(52)60-49-41(50)21-22-42(49)51;/h13-20,28-30H,6-12,21-27H2,1-5H3,(H2-,53,54,55,56,57);/q;+1/p-1. The van der Waals surface area contributed by atoms with Crippen molar-refractivity contribution in [1.82, 2.24) is 9.37 Å². The van der Waals surface area contributed by atoms with E-state index in [9.17, 15) is 41.0 Å². The van der Waals surface area contributed by atoms with Crippen molar-refractivity contribution in [2.75, 3.05) is 43.1 Å². The van der Waals surface area contributed by atoms with Crippen LogP contribution in [0, 0.1) is 0 Å². The molecule has 0 radical (unpaired) electrons. The van der Waals surface area contributed by atoms with Crippen LogP contribution < -0.4 is 61.5 Å². The maximum atomic E-state index is 13.9. The maximum absolute atomic E-state index is 13.9. The first-order valence-corrected chi connectivity index (χ1v) is 26.6. The van der Waals surface area contributed by atoms with Crippen molar-refractivity contribution in [3.8, 4) is 0 Å². The Hall–Kier alpha value is -2.60. The summed E-state index contributed by atoms with van der Waals surface area (Å²) in [5, 5.41) is 26.9. The van der Waals surface area contributed by atoms with E-state index in [1.54, 1.807) is 24.3 Å². The van der Waals surface area contributed by atoms with Gasteiger partial charge in [0, 0.05) is 109 Å². The van der Waals surface area contributed by atoms with Gasteiger partial charge in [-0.05, 0) is 99.1 Å². The van der Waals surface area contributed by atoms with Crippen molar-refractivity contribution in [2.45, 2.75) is 106 Å². The molecule has 0 unspecified atom stereocenters. The number of imide groups is 1.